The standard InChI is InChI=1S/C13H13F2NO4/c14-11(15)6-20-8-3-1-7(2-4-8)16-12(17)9-5-10(9)13(18)19/h1-4,9-11H,5-6H2,(H,16,17)(H,18,19)/t9-,10+/m1/s1. The lowest BCUT2D eigenvalue weighted by molar-refractivity contribution is -0.139. The van der Waals surface area contributed by atoms with E-state index >= 15 is 0 Å². The highest BCUT2D eigenvalue weighted by Gasteiger charge is 2.48. The van der Waals surface area contributed by atoms with Crippen molar-refractivity contribution >= 4 is 17.6 Å². The number of carboxylic acid groups (broad SMARTS) is 1. The molecule has 1 aromatic carbocycles. The van der Waals surface area contributed by atoms with Crippen molar-refractivity contribution in [1.82, 2.24) is 0 Å². The van der Waals surface area contributed by atoms with Gasteiger partial charge in [0.05, 0.1) is 11.8 Å². The summed E-state index contributed by atoms with van der Waals surface area (Å²) in [5.41, 5.74) is 0.468. The molecule has 0 unspecified atom stereocenters. The highest BCUT2D eigenvalue weighted by molar-refractivity contribution is 5.98. The molecule has 2 N–H and O–H groups in total. The van der Waals surface area contributed by atoms with Gasteiger partial charge in [0.2, 0.25) is 5.91 Å². The van der Waals surface area contributed by atoms with E-state index in [1.807, 2.05) is 0 Å². The minimum Gasteiger partial charge on any atom is -0.488 e. The molecule has 0 aliphatic heterocycles. The Kier molecular flexibility index (Phi) is 4.16. The fourth-order valence-electron chi connectivity index (χ4n) is 1.79. The Morgan fingerprint density at radius 3 is 2.45 bits per heavy atom. The maximum Gasteiger partial charge on any atom is 0.307 e. The van der Waals surface area contributed by atoms with Crippen LogP contribution in [0.1, 0.15) is 6.42 Å². The van der Waals surface area contributed by atoms with Crippen LogP contribution in [0, 0.1) is 11.8 Å². The Hall–Kier alpha value is -2.18. The van der Waals surface area contributed by atoms with Crippen molar-refractivity contribution < 1.29 is 28.2 Å². The first kappa shape index (κ1) is 14.2. The number of amides is 1. The third kappa shape index (κ3) is 3.66. The summed E-state index contributed by atoms with van der Waals surface area (Å²) in [5, 5.41) is 11.3. The number of carbonyl (C=O) groups is 2. The second-order valence-electron chi connectivity index (χ2n) is 4.50. The normalized spacial score (nSPS) is 20.6. The van der Waals surface area contributed by atoms with Crippen LogP contribution in [-0.2, 0) is 9.59 Å². The molecule has 1 saturated carbocycles. The first-order valence-electron chi connectivity index (χ1n) is 6.02. The molecule has 0 spiro atoms. The fourth-order valence-corrected chi connectivity index (χ4v) is 1.79. The van der Waals surface area contributed by atoms with Gasteiger partial charge in [-0.15, -0.1) is 0 Å². The van der Waals surface area contributed by atoms with E-state index in [0.717, 1.165) is 0 Å². The van der Waals surface area contributed by atoms with Gasteiger partial charge in [-0.25, -0.2) is 8.78 Å². The molecule has 5 nitrogen and oxygen atoms in total. The summed E-state index contributed by atoms with van der Waals surface area (Å²) in [5.74, 6) is -2.15. The Bertz CT molecular complexity index is 504. The molecule has 0 saturated heterocycles. The van der Waals surface area contributed by atoms with Gasteiger partial charge >= 0.3 is 5.97 Å². The van der Waals surface area contributed by atoms with Crippen LogP contribution >= 0.6 is 0 Å². The van der Waals surface area contributed by atoms with Crippen LogP contribution in [0.4, 0.5) is 14.5 Å². The number of carbonyl (C=O) groups excluding carboxylic acids is 1. The first-order valence-corrected chi connectivity index (χ1v) is 6.02. The minimum atomic E-state index is -2.54. The average Bonchev–Trinajstić information content (AvgIpc) is 3.18. The van der Waals surface area contributed by atoms with E-state index in [2.05, 4.69) is 5.32 Å². The number of hydrogen-bond acceptors (Lipinski definition) is 3. The van der Waals surface area contributed by atoms with Gasteiger partial charge in [0.25, 0.3) is 6.43 Å². The molecular weight excluding hydrogens is 272 g/mol. The Morgan fingerprint density at radius 2 is 1.95 bits per heavy atom. The molecule has 2 rings (SSSR count). The SMILES string of the molecule is O=C(O)[C@H]1C[C@H]1C(=O)Nc1ccc(OCC(F)F)cc1. The van der Waals surface area contributed by atoms with Crippen LogP contribution in [0.2, 0.25) is 0 Å². The smallest absolute Gasteiger partial charge is 0.307 e. The molecule has 1 amide bonds. The van der Waals surface area contributed by atoms with Crippen LogP contribution < -0.4 is 10.1 Å². The highest BCUT2D eigenvalue weighted by Crippen LogP contribution is 2.39. The largest absolute Gasteiger partial charge is 0.488 e. The number of alkyl halides is 2. The lowest BCUT2D eigenvalue weighted by atomic mass is 10.2. The van der Waals surface area contributed by atoms with Crippen LogP contribution in [0.25, 0.3) is 0 Å². The van der Waals surface area contributed by atoms with Gasteiger partial charge in [-0.3, -0.25) is 9.59 Å². The van der Waals surface area contributed by atoms with E-state index in [1.54, 1.807) is 0 Å². The van der Waals surface area contributed by atoms with E-state index in [-0.39, 0.29) is 11.7 Å². The Balaban J connectivity index is 1.85. The van der Waals surface area contributed by atoms with E-state index < -0.39 is 30.8 Å². The zero-order valence-electron chi connectivity index (χ0n) is 10.4. The molecule has 20 heavy (non-hydrogen) atoms. The molecule has 108 valence electrons. The zero-order valence-corrected chi connectivity index (χ0v) is 10.4. The van der Waals surface area contributed by atoms with Gasteiger partial charge in [0.1, 0.15) is 12.4 Å². The topological polar surface area (TPSA) is 75.6 Å². The monoisotopic (exact) mass is 285 g/mol. The van der Waals surface area contributed by atoms with E-state index in [0.29, 0.717) is 12.1 Å². The Morgan fingerprint density at radius 1 is 1.30 bits per heavy atom. The number of rotatable bonds is 6. The molecule has 1 fully saturated rings. The maximum atomic E-state index is 11.9. The summed E-state index contributed by atoms with van der Waals surface area (Å²) in [6.07, 6.45) is -2.20. The van der Waals surface area contributed by atoms with Gasteiger partial charge in [0.15, 0.2) is 0 Å². The van der Waals surface area contributed by atoms with Crippen molar-refractivity contribution in [3.63, 3.8) is 0 Å². The second-order valence-corrected chi connectivity index (χ2v) is 4.50. The molecule has 0 bridgehead atoms. The molecule has 0 heterocycles. The number of carboxylic acids is 1. The van der Waals surface area contributed by atoms with Gasteiger partial charge in [-0.05, 0) is 30.7 Å². The molecular formula is C13H13F2NO4. The van der Waals surface area contributed by atoms with Crippen LogP contribution in [0.15, 0.2) is 24.3 Å². The number of anilines is 1. The average molecular weight is 285 g/mol. The summed E-state index contributed by atoms with van der Waals surface area (Å²) in [4.78, 5) is 22.3. The second kappa shape index (κ2) is 5.85. The molecule has 1 aliphatic rings. The number of hydrogen-bond donors (Lipinski definition) is 2. The molecule has 0 aromatic heterocycles. The van der Waals surface area contributed by atoms with E-state index in [9.17, 15) is 18.4 Å². The summed E-state index contributed by atoms with van der Waals surface area (Å²) in [6, 6.07) is 5.94. The van der Waals surface area contributed by atoms with Crippen molar-refractivity contribution in [2.45, 2.75) is 12.8 Å². The van der Waals surface area contributed by atoms with Crippen molar-refractivity contribution in [3.8, 4) is 5.75 Å². The summed E-state index contributed by atoms with van der Waals surface area (Å²) in [6.45, 7) is -0.686. The van der Waals surface area contributed by atoms with Crippen molar-refractivity contribution in [2.24, 2.45) is 11.8 Å². The quantitative estimate of drug-likeness (QED) is 0.838. The van der Waals surface area contributed by atoms with Gasteiger partial charge in [-0.2, -0.15) is 0 Å². The summed E-state index contributed by atoms with van der Waals surface area (Å²) >= 11 is 0. The molecule has 2 atom stereocenters. The summed E-state index contributed by atoms with van der Waals surface area (Å²) < 4.78 is 28.7. The van der Waals surface area contributed by atoms with Crippen molar-refractivity contribution in [3.05, 3.63) is 24.3 Å². The molecule has 7 heteroatoms. The number of benzene rings is 1. The van der Waals surface area contributed by atoms with Gasteiger partial charge < -0.3 is 15.2 Å². The van der Waals surface area contributed by atoms with Crippen LogP contribution in [0.3, 0.4) is 0 Å². The van der Waals surface area contributed by atoms with E-state index in [1.165, 1.54) is 24.3 Å². The van der Waals surface area contributed by atoms with Crippen molar-refractivity contribution in [1.29, 1.82) is 0 Å². The first-order chi connectivity index (χ1) is 9.47. The van der Waals surface area contributed by atoms with Gasteiger partial charge in [0, 0.05) is 5.69 Å². The van der Waals surface area contributed by atoms with Crippen LogP contribution in [-0.4, -0.2) is 30.0 Å². The van der Waals surface area contributed by atoms with Gasteiger partial charge in [-0.1, -0.05) is 0 Å². The number of aliphatic carboxylic acids is 1. The fraction of sp³-hybridized carbons (Fsp3) is 0.385. The lowest BCUT2D eigenvalue weighted by Crippen LogP contribution is -2.16. The predicted octanol–water partition coefficient (Wildman–Crippen LogP) is 1.99. The molecule has 1 aromatic rings. The van der Waals surface area contributed by atoms with Crippen LogP contribution in [0.5, 0.6) is 5.75 Å². The third-order valence-electron chi connectivity index (χ3n) is 2.94. The number of ether oxygens (including phenoxy) is 1. The van der Waals surface area contributed by atoms with Crippen molar-refractivity contribution in [2.75, 3.05) is 11.9 Å². The molecule has 0 radical (unpaired) electrons. The van der Waals surface area contributed by atoms with E-state index in [4.69, 9.17) is 9.84 Å². The predicted molar refractivity (Wildman–Crippen MR) is 65.8 cm³/mol. The highest BCUT2D eigenvalue weighted by atomic mass is 19.3. The Labute approximate surface area is 113 Å². The summed E-state index contributed by atoms with van der Waals surface area (Å²) in [7, 11) is 0. The number of nitrogens with one attached hydrogen (secondary N) is 1. The zero-order chi connectivity index (χ0) is 14.7. The number of halogens is 2. The third-order valence-corrected chi connectivity index (χ3v) is 2.94. The lowest BCUT2D eigenvalue weighted by Gasteiger charge is -2.07. The minimum absolute atomic E-state index is 0.276. The maximum absolute atomic E-state index is 11.9. The molecule has 1 aliphatic carbocycles.